The van der Waals surface area contributed by atoms with E-state index in [0.29, 0.717) is 11.5 Å². The average molecular weight is 426 g/mol. The van der Waals surface area contributed by atoms with Gasteiger partial charge in [-0.1, -0.05) is 6.07 Å². The first-order valence-electron chi connectivity index (χ1n) is 9.18. The van der Waals surface area contributed by atoms with Crippen LogP contribution in [0.25, 0.3) is 5.69 Å². The topological polar surface area (TPSA) is 143 Å². The van der Waals surface area contributed by atoms with Gasteiger partial charge < -0.3 is 25.3 Å². The van der Waals surface area contributed by atoms with Crippen LogP contribution in [-0.2, 0) is 4.79 Å². The molecule has 2 aromatic carbocycles. The van der Waals surface area contributed by atoms with Gasteiger partial charge in [-0.05, 0) is 54.1 Å². The molecular formula is C20H22N6O5. The molecule has 11 heteroatoms. The highest BCUT2D eigenvalue weighted by atomic mass is 16.5. The summed E-state index contributed by atoms with van der Waals surface area (Å²) in [5, 5.41) is 14.4. The summed E-state index contributed by atoms with van der Waals surface area (Å²) in [5.41, 5.74) is 7.62. The molecule has 162 valence electrons. The van der Waals surface area contributed by atoms with Gasteiger partial charge in [0.05, 0.1) is 19.9 Å². The Hall–Kier alpha value is -4.15. The van der Waals surface area contributed by atoms with E-state index in [9.17, 15) is 9.59 Å². The molecule has 0 unspecified atom stereocenters. The van der Waals surface area contributed by atoms with Crippen molar-refractivity contribution < 1.29 is 23.8 Å². The van der Waals surface area contributed by atoms with Gasteiger partial charge in [0.15, 0.2) is 23.9 Å². The van der Waals surface area contributed by atoms with Crippen LogP contribution in [0.1, 0.15) is 21.7 Å². The third-order valence-electron chi connectivity index (χ3n) is 4.40. The van der Waals surface area contributed by atoms with E-state index in [0.717, 1.165) is 11.3 Å². The lowest BCUT2D eigenvalue weighted by atomic mass is 10.1. The molecule has 0 fully saturated rings. The molecule has 0 saturated heterocycles. The number of rotatable bonds is 8. The van der Waals surface area contributed by atoms with Crippen LogP contribution in [0.2, 0.25) is 0 Å². The van der Waals surface area contributed by atoms with Gasteiger partial charge in [-0.25, -0.2) is 0 Å². The second kappa shape index (κ2) is 9.11. The largest absolute Gasteiger partial charge is 0.493 e. The number of carbonyl (C=O) groups is 2. The molecule has 3 N–H and O–H groups in total. The van der Waals surface area contributed by atoms with E-state index in [1.54, 1.807) is 23.7 Å². The van der Waals surface area contributed by atoms with Crippen molar-refractivity contribution >= 4 is 17.5 Å². The van der Waals surface area contributed by atoms with E-state index >= 15 is 0 Å². The van der Waals surface area contributed by atoms with Crippen molar-refractivity contribution in [1.82, 2.24) is 20.2 Å². The minimum absolute atomic E-state index is 0.173. The number of aromatic nitrogens is 4. The Labute approximate surface area is 178 Å². The first kappa shape index (κ1) is 21.6. The van der Waals surface area contributed by atoms with Gasteiger partial charge in [0.25, 0.3) is 11.8 Å². The Morgan fingerprint density at radius 1 is 1.10 bits per heavy atom. The van der Waals surface area contributed by atoms with Gasteiger partial charge in [-0.3, -0.25) is 9.59 Å². The van der Waals surface area contributed by atoms with Crippen molar-refractivity contribution in [2.24, 2.45) is 5.73 Å². The highest BCUT2D eigenvalue weighted by molar-refractivity contribution is 6.05. The van der Waals surface area contributed by atoms with Crippen LogP contribution in [0, 0.1) is 13.8 Å². The number of nitrogens with one attached hydrogen (secondary N) is 1. The fraction of sp³-hybridized carbons (Fsp3) is 0.250. The van der Waals surface area contributed by atoms with Crippen LogP contribution in [0.5, 0.6) is 17.2 Å². The second-order valence-corrected chi connectivity index (χ2v) is 6.56. The second-order valence-electron chi connectivity index (χ2n) is 6.56. The number of anilines is 1. The van der Waals surface area contributed by atoms with Gasteiger partial charge >= 0.3 is 0 Å². The number of nitrogens with two attached hydrogens (primary N) is 1. The Kier molecular flexibility index (Phi) is 6.34. The maximum absolute atomic E-state index is 12.9. The number of benzene rings is 2. The van der Waals surface area contributed by atoms with E-state index in [1.165, 1.54) is 26.4 Å². The molecule has 0 spiro atoms. The molecule has 3 aromatic rings. The van der Waals surface area contributed by atoms with Gasteiger partial charge in [0, 0.05) is 11.3 Å². The molecule has 0 atom stereocenters. The van der Waals surface area contributed by atoms with Crippen molar-refractivity contribution in [2.75, 3.05) is 26.1 Å². The zero-order chi connectivity index (χ0) is 22.5. The minimum Gasteiger partial charge on any atom is -0.493 e. The Morgan fingerprint density at radius 3 is 2.32 bits per heavy atom. The van der Waals surface area contributed by atoms with Crippen LogP contribution >= 0.6 is 0 Å². The summed E-state index contributed by atoms with van der Waals surface area (Å²) in [6, 6.07) is 8.36. The van der Waals surface area contributed by atoms with Crippen LogP contribution < -0.4 is 25.3 Å². The average Bonchev–Trinajstić information content (AvgIpc) is 3.18. The molecule has 31 heavy (non-hydrogen) atoms. The third-order valence-corrected chi connectivity index (χ3v) is 4.40. The number of hydrogen-bond donors (Lipinski definition) is 2. The minimum atomic E-state index is -0.654. The van der Waals surface area contributed by atoms with Gasteiger partial charge in [0.2, 0.25) is 5.75 Å². The summed E-state index contributed by atoms with van der Waals surface area (Å²) in [5.74, 6) is 0.180. The number of methoxy groups -OCH3 is 2. The SMILES string of the molecule is COc1cc(C(=O)Nc2ccc(C)c(-n3nnnc3C)c2)cc(OC)c1OCC(N)=O. The molecule has 0 aliphatic heterocycles. The molecule has 1 heterocycles. The Morgan fingerprint density at radius 2 is 1.77 bits per heavy atom. The van der Waals surface area contributed by atoms with Crippen molar-refractivity contribution in [2.45, 2.75) is 13.8 Å². The fourth-order valence-electron chi connectivity index (χ4n) is 2.87. The Bertz CT molecular complexity index is 1100. The van der Waals surface area contributed by atoms with Crippen LogP contribution in [0.3, 0.4) is 0 Å². The number of nitrogens with zero attached hydrogens (tertiary/aromatic N) is 4. The molecule has 0 bridgehead atoms. The summed E-state index contributed by atoms with van der Waals surface area (Å²) in [7, 11) is 2.82. The summed E-state index contributed by atoms with van der Waals surface area (Å²) in [4.78, 5) is 23.9. The molecule has 0 radical (unpaired) electrons. The molecule has 1 aromatic heterocycles. The van der Waals surface area contributed by atoms with E-state index in [4.69, 9.17) is 19.9 Å². The summed E-state index contributed by atoms with van der Waals surface area (Å²) in [6.45, 7) is 3.34. The maximum atomic E-state index is 12.9. The monoisotopic (exact) mass is 426 g/mol. The predicted molar refractivity (Wildman–Crippen MR) is 111 cm³/mol. The Balaban J connectivity index is 1.90. The quantitative estimate of drug-likeness (QED) is 0.550. The summed E-state index contributed by atoms with van der Waals surface area (Å²) < 4.78 is 17.5. The molecule has 0 aliphatic rings. The van der Waals surface area contributed by atoms with Crippen LogP contribution in [0.4, 0.5) is 5.69 Å². The van der Waals surface area contributed by atoms with Crippen molar-refractivity contribution in [3.05, 3.63) is 47.3 Å². The fourth-order valence-corrected chi connectivity index (χ4v) is 2.87. The van der Waals surface area contributed by atoms with Crippen molar-refractivity contribution in [3.63, 3.8) is 0 Å². The number of tetrazole rings is 1. The number of carbonyl (C=O) groups excluding carboxylic acids is 2. The zero-order valence-electron chi connectivity index (χ0n) is 17.5. The van der Waals surface area contributed by atoms with E-state index < -0.39 is 11.8 Å². The number of amides is 2. The molecule has 3 rings (SSSR count). The number of hydrogen-bond acceptors (Lipinski definition) is 8. The smallest absolute Gasteiger partial charge is 0.255 e. The first-order valence-corrected chi connectivity index (χ1v) is 9.18. The zero-order valence-corrected chi connectivity index (χ0v) is 17.5. The number of ether oxygens (including phenoxy) is 3. The molecule has 2 amide bonds. The van der Waals surface area contributed by atoms with Gasteiger partial charge in [-0.15, -0.1) is 5.10 Å². The van der Waals surface area contributed by atoms with Gasteiger partial charge in [0.1, 0.15) is 0 Å². The number of primary amides is 1. The lowest BCUT2D eigenvalue weighted by Crippen LogP contribution is -2.20. The van der Waals surface area contributed by atoms with Crippen molar-refractivity contribution in [3.8, 4) is 22.9 Å². The lowest BCUT2D eigenvalue weighted by molar-refractivity contribution is -0.120. The number of aryl methyl sites for hydroxylation is 2. The van der Waals surface area contributed by atoms with Crippen LogP contribution in [0.15, 0.2) is 30.3 Å². The van der Waals surface area contributed by atoms with E-state index in [2.05, 4.69) is 20.8 Å². The predicted octanol–water partition coefficient (Wildman–Crippen LogP) is 1.41. The highest BCUT2D eigenvalue weighted by Gasteiger charge is 2.19. The first-order chi connectivity index (χ1) is 14.8. The lowest BCUT2D eigenvalue weighted by Gasteiger charge is -2.16. The summed E-state index contributed by atoms with van der Waals surface area (Å²) in [6.07, 6.45) is 0. The normalized spacial score (nSPS) is 10.5. The third kappa shape index (κ3) is 4.71. The maximum Gasteiger partial charge on any atom is 0.255 e. The van der Waals surface area contributed by atoms with Crippen molar-refractivity contribution in [1.29, 1.82) is 0 Å². The molecule has 0 saturated carbocycles. The molecular weight excluding hydrogens is 404 g/mol. The summed E-state index contributed by atoms with van der Waals surface area (Å²) >= 11 is 0. The highest BCUT2D eigenvalue weighted by Crippen LogP contribution is 2.38. The van der Waals surface area contributed by atoms with Gasteiger partial charge in [-0.2, -0.15) is 4.68 Å². The van der Waals surface area contributed by atoms with E-state index in [-0.39, 0.29) is 29.4 Å². The molecule has 11 nitrogen and oxygen atoms in total. The van der Waals surface area contributed by atoms with E-state index in [1.807, 2.05) is 13.0 Å². The standard InChI is InChI=1S/C20H22N6O5/c1-11-5-6-14(9-15(11)26-12(2)23-24-25-26)22-20(28)13-7-16(29-3)19(17(8-13)30-4)31-10-18(21)27/h5-9H,10H2,1-4H3,(H2,21,27)(H,22,28). The van der Waals surface area contributed by atoms with Crippen LogP contribution in [-0.4, -0.2) is 52.8 Å². The molecule has 0 aliphatic carbocycles.